The van der Waals surface area contributed by atoms with Crippen LogP contribution in [-0.2, 0) is 0 Å². The van der Waals surface area contributed by atoms with E-state index in [0.717, 1.165) is 21.2 Å². The molecule has 23 heavy (non-hydrogen) atoms. The van der Waals surface area contributed by atoms with E-state index in [9.17, 15) is 0 Å². The van der Waals surface area contributed by atoms with E-state index < -0.39 is 0 Å². The van der Waals surface area contributed by atoms with E-state index in [2.05, 4.69) is 54.0 Å². The van der Waals surface area contributed by atoms with E-state index >= 15 is 0 Å². The summed E-state index contributed by atoms with van der Waals surface area (Å²) in [6.45, 7) is 2.38. The Kier molecular flexibility index (Phi) is 10.9. The third kappa shape index (κ3) is 9.69. The van der Waals surface area contributed by atoms with Gasteiger partial charge in [0.25, 0.3) is 0 Å². The molecule has 0 aromatic heterocycles. The van der Waals surface area contributed by atoms with Gasteiger partial charge in [0.2, 0.25) is 0 Å². The zero-order chi connectivity index (χ0) is 16.0. The first-order chi connectivity index (χ1) is 11.3. The standard InChI is InChI=1S/C16H28S4Te3/c1-2-17-9-16(10-21-6-13-3-18-13,11-22-7-14-4-19-14)12-23-8-15-5-20-15/h13-15H,2-12H2,1H3. The first kappa shape index (κ1) is 21.5. The van der Waals surface area contributed by atoms with Gasteiger partial charge in [0, 0.05) is 0 Å². The molecule has 0 nitrogen and oxygen atoms in total. The maximum atomic E-state index is 2.38. The molecule has 134 valence electrons. The van der Waals surface area contributed by atoms with Crippen LogP contribution in [0.5, 0.6) is 0 Å². The average molecular weight is 731 g/mol. The van der Waals surface area contributed by atoms with E-state index in [0.29, 0.717) is 62.8 Å². The van der Waals surface area contributed by atoms with Crippen LogP contribution in [0.4, 0.5) is 0 Å². The quantitative estimate of drug-likeness (QED) is 0.177. The van der Waals surface area contributed by atoms with Crippen molar-refractivity contribution in [2.45, 2.75) is 49.5 Å². The molecule has 7 heteroatoms. The van der Waals surface area contributed by atoms with Crippen LogP contribution in [0.25, 0.3) is 0 Å². The van der Waals surface area contributed by atoms with Gasteiger partial charge in [0.1, 0.15) is 0 Å². The fraction of sp³-hybridized carbons (Fsp3) is 1.00. The van der Waals surface area contributed by atoms with Crippen molar-refractivity contribution in [1.82, 2.24) is 0 Å². The molecule has 0 aromatic carbocycles. The summed E-state index contributed by atoms with van der Waals surface area (Å²) < 4.78 is 10.1. The van der Waals surface area contributed by atoms with Crippen LogP contribution in [0.15, 0.2) is 0 Å². The first-order valence-electron chi connectivity index (χ1n) is 8.45. The molecular weight excluding hydrogens is 703 g/mol. The second kappa shape index (κ2) is 11.7. The van der Waals surface area contributed by atoms with Gasteiger partial charge in [-0.3, -0.25) is 0 Å². The van der Waals surface area contributed by atoms with Gasteiger partial charge in [0.05, 0.1) is 0 Å². The van der Waals surface area contributed by atoms with E-state index in [1.165, 1.54) is 28.8 Å². The van der Waals surface area contributed by atoms with Gasteiger partial charge in [-0.25, -0.2) is 0 Å². The zero-order valence-electron chi connectivity index (χ0n) is 13.9. The molecule has 3 unspecified atom stereocenters. The van der Waals surface area contributed by atoms with Crippen molar-refractivity contribution >= 4 is 110 Å². The van der Waals surface area contributed by atoms with Crippen LogP contribution in [0, 0.1) is 5.41 Å². The Morgan fingerprint density at radius 2 is 1.22 bits per heavy atom. The van der Waals surface area contributed by atoms with Crippen LogP contribution < -0.4 is 0 Å². The second-order valence-electron chi connectivity index (χ2n) is 6.55. The molecule has 0 saturated carbocycles. The zero-order valence-corrected chi connectivity index (χ0v) is 24.1. The molecule has 3 atom stereocenters. The molecule has 0 spiro atoms. The summed E-state index contributed by atoms with van der Waals surface area (Å²) in [5.41, 5.74) is 0.853. The van der Waals surface area contributed by atoms with E-state index in [1.54, 1.807) is 26.8 Å². The summed E-state index contributed by atoms with van der Waals surface area (Å²) in [5.74, 6) is 7.39. The summed E-state index contributed by atoms with van der Waals surface area (Å²) in [6.07, 6.45) is 0. The number of rotatable bonds is 15. The van der Waals surface area contributed by atoms with E-state index in [4.69, 9.17) is 0 Å². The molecule has 3 fully saturated rings. The van der Waals surface area contributed by atoms with Crippen molar-refractivity contribution in [3.05, 3.63) is 0 Å². The van der Waals surface area contributed by atoms with Crippen LogP contribution in [0.1, 0.15) is 6.92 Å². The Hall–Kier alpha value is 3.77. The van der Waals surface area contributed by atoms with Crippen molar-refractivity contribution in [2.24, 2.45) is 5.41 Å². The van der Waals surface area contributed by atoms with Gasteiger partial charge in [-0.1, -0.05) is 0 Å². The number of hydrogen-bond acceptors (Lipinski definition) is 4. The normalized spacial score (nSPS) is 30.9. The van der Waals surface area contributed by atoms with Crippen LogP contribution >= 0.6 is 47.0 Å². The maximum absolute atomic E-state index is 2.38. The van der Waals surface area contributed by atoms with E-state index in [-0.39, 0.29) is 0 Å². The van der Waals surface area contributed by atoms with Crippen LogP contribution in [0.2, 0.25) is 26.8 Å². The molecule has 3 saturated heterocycles. The predicted octanol–water partition coefficient (Wildman–Crippen LogP) is 4.69. The summed E-state index contributed by atoms with van der Waals surface area (Å²) in [5, 5.41) is 3.35. The van der Waals surface area contributed by atoms with E-state index in [1.807, 2.05) is 0 Å². The predicted molar refractivity (Wildman–Crippen MR) is 120 cm³/mol. The van der Waals surface area contributed by atoms with Crippen molar-refractivity contribution in [3.63, 3.8) is 0 Å². The minimum absolute atomic E-state index is 0.312. The minimum atomic E-state index is 0.312. The second-order valence-corrected chi connectivity index (χ2v) is 20.6. The fourth-order valence-electron chi connectivity index (χ4n) is 2.28. The molecular formula is C16H28S4Te3. The SMILES string of the molecule is CCSCC(C[Te]CC1CS1)(C[Te]CC1CS1)C[Te]CC1CS1. The molecule has 0 bridgehead atoms. The monoisotopic (exact) mass is 738 g/mol. The number of hydrogen-bond donors (Lipinski definition) is 0. The molecule has 0 aromatic rings. The van der Waals surface area contributed by atoms with Gasteiger partial charge in [-0.2, -0.15) is 0 Å². The summed E-state index contributed by atoms with van der Waals surface area (Å²) in [6, 6.07) is 0. The van der Waals surface area contributed by atoms with Crippen molar-refractivity contribution < 1.29 is 0 Å². The fourth-order valence-corrected chi connectivity index (χ4v) is 25.6. The Morgan fingerprint density at radius 1 is 0.826 bits per heavy atom. The van der Waals surface area contributed by atoms with Crippen molar-refractivity contribution in [2.75, 3.05) is 28.8 Å². The molecule has 3 heterocycles. The molecule has 0 N–H and O–H groups in total. The molecule has 3 aliphatic heterocycles. The third-order valence-corrected chi connectivity index (χ3v) is 22.5. The van der Waals surface area contributed by atoms with Gasteiger partial charge >= 0.3 is 193 Å². The van der Waals surface area contributed by atoms with Gasteiger partial charge < -0.3 is 0 Å². The Morgan fingerprint density at radius 3 is 1.52 bits per heavy atom. The molecule has 0 aliphatic carbocycles. The van der Waals surface area contributed by atoms with Crippen LogP contribution in [0.3, 0.4) is 0 Å². The van der Waals surface area contributed by atoms with Gasteiger partial charge in [-0.15, -0.1) is 0 Å². The molecule has 0 radical (unpaired) electrons. The third-order valence-electron chi connectivity index (χ3n) is 3.96. The van der Waals surface area contributed by atoms with Gasteiger partial charge in [0.15, 0.2) is 0 Å². The summed E-state index contributed by atoms with van der Waals surface area (Å²) in [4.78, 5) is 0. The Balaban J connectivity index is 1.47. The topological polar surface area (TPSA) is 0 Å². The Bertz CT molecular complexity index is 301. The molecule has 3 rings (SSSR count). The summed E-state index contributed by atoms with van der Waals surface area (Å²) >= 11 is 9.93. The first-order valence-corrected chi connectivity index (χ1v) is 22.6. The number of thioether (sulfide) groups is 4. The molecule has 0 amide bonds. The van der Waals surface area contributed by atoms with Gasteiger partial charge in [-0.05, 0) is 0 Å². The molecule has 3 aliphatic rings. The summed E-state index contributed by atoms with van der Waals surface area (Å²) in [7, 11) is 0. The van der Waals surface area contributed by atoms with Crippen LogP contribution in [-0.4, -0.2) is 107 Å². The van der Waals surface area contributed by atoms with Crippen molar-refractivity contribution in [3.8, 4) is 0 Å². The van der Waals surface area contributed by atoms with Crippen molar-refractivity contribution in [1.29, 1.82) is 0 Å². The average Bonchev–Trinajstić information content (AvgIpc) is 3.35. The Labute approximate surface area is 190 Å².